The summed E-state index contributed by atoms with van der Waals surface area (Å²) in [7, 11) is -2.19. The molecule has 0 saturated heterocycles. The summed E-state index contributed by atoms with van der Waals surface area (Å²) in [6.07, 6.45) is 5.05. The molecule has 1 rings (SSSR count). The predicted molar refractivity (Wildman–Crippen MR) is 65.1 cm³/mol. The second kappa shape index (κ2) is 5.07. The van der Waals surface area contributed by atoms with E-state index in [1.54, 1.807) is 0 Å². The molecule has 0 atom stereocenters. The van der Waals surface area contributed by atoms with E-state index in [-0.39, 0.29) is 16.5 Å². The smallest absolute Gasteiger partial charge is 0.207 e. The van der Waals surface area contributed by atoms with E-state index in [0.717, 1.165) is 4.31 Å². The van der Waals surface area contributed by atoms with E-state index in [1.807, 2.05) is 0 Å². The van der Waals surface area contributed by atoms with E-state index in [4.69, 9.17) is 29.6 Å². The first-order valence-corrected chi connectivity index (χ1v) is 6.44. The van der Waals surface area contributed by atoms with Crippen LogP contribution in [0.1, 0.15) is 0 Å². The Morgan fingerprint density at radius 1 is 1.38 bits per heavy atom. The highest BCUT2D eigenvalue weighted by molar-refractivity contribution is 7.89. The van der Waals surface area contributed by atoms with Gasteiger partial charge in [0.2, 0.25) is 10.0 Å². The fraction of sp³-hybridized carbons (Fsp3) is 0.200. The van der Waals surface area contributed by atoms with Gasteiger partial charge in [-0.05, 0) is 18.2 Å². The summed E-state index contributed by atoms with van der Waals surface area (Å²) in [6.45, 7) is 0.00256. The number of terminal acetylenes is 1. The van der Waals surface area contributed by atoms with Crippen molar-refractivity contribution in [2.75, 3.05) is 13.6 Å². The molecule has 6 heteroatoms. The highest BCUT2D eigenvalue weighted by Crippen LogP contribution is 2.25. The van der Waals surface area contributed by atoms with Crippen LogP contribution in [0.3, 0.4) is 0 Å². The number of nitrogens with zero attached hydrogens (tertiary/aromatic N) is 1. The number of hydrogen-bond donors (Lipinski definition) is 0. The third kappa shape index (κ3) is 2.69. The van der Waals surface area contributed by atoms with Crippen LogP contribution in [0, 0.1) is 12.3 Å². The number of hydrogen-bond acceptors (Lipinski definition) is 2. The maximum absolute atomic E-state index is 11.9. The summed E-state index contributed by atoms with van der Waals surface area (Å²) >= 11 is 11.4. The molecule has 0 amide bonds. The molecule has 0 heterocycles. The Balaban J connectivity index is 3.18. The largest absolute Gasteiger partial charge is 0.243 e. The molecule has 0 unspecified atom stereocenters. The summed E-state index contributed by atoms with van der Waals surface area (Å²) in [6, 6.07) is 4.11. The zero-order valence-corrected chi connectivity index (χ0v) is 10.8. The molecule has 0 saturated carbocycles. The average molecular weight is 278 g/mol. The van der Waals surface area contributed by atoms with E-state index < -0.39 is 10.0 Å². The Morgan fingerprint density at radius 2 is 2.00 bits per heavy atom. The van der Waals surface area contributed by atoms with Crippen molar-refractivity contribution in [3.05, 3.63) is 28.2 Å². The van der Waals surface area contributed by atoms with Gasteiger partial charge in [-0.25, -0.2) is 8.42 Å². The number of halogens is 2. The minimum atomic E-state index is -3.59. The van der Waals surface area contributed by atoms with Gasteiger partial charge in [-0.2, -0.15) is 4.31 Å². The third-order valence-corrected chi connectivity index (χ3v) is 4.45. The van der Waals surface area contributed by atoms with Crippen molar-refractivity contribution in [1.82, 2.24) is 4.31 Å². The molecule has 0 fully saturated rings. The maximum atomic E-state index is 11.9. The topological polar surface area (TPSA) is 37.4 Å². The van der Waals surface area contributed by atoms with Crippen LogP contribution in [0.5, 0.6) is 0 Å². The van der Waals surface area contributed by atoms with E-state index in [2.05, 4.69) is 5.92 Å². The van der Waals surface area contributed by atoms with E-state index in [0.29, 0.717) is 5.02 Å². The first-order chi connectivity index (χ1) is 7.39. The lowest BCUT2D eigenvalue weighted by atomic mass is 10.4. The van der Waals surface area contributed by atoms with Crippen LogP contribution >= 0.6 is 23.2 Å². The van der Waals surface area contributed by atoms with Gasteiger partial charge in [-0.15, -0.1) is 6.42 Å². The van der Waals surface area contributed by atoms with Crippen molar-refractivity contribution in [1.29, 1.82) is 0 Å². The van der Waals surface area contributed by atoms with Crippen LogP contribution in [0.25, 0.3) is 0 Å². The van der Waals surface area contributed by atoms with Crippen molar-refractivity contribution in [3.8, 4) is 12.3 Å². The molecule has 1 aromatic rings. The Kier molecular flexibility index (Phi) is 4.22. The lowest BCUT2D eigenvalue weighted by molar-refractivity contribution is 0.503. The summed E-state index contributed by atoms with van der Waals surface area (Å²) in [5.74, 6) is 2.26. The highest BCUT2D eigenvalue weighted by atomic mass is 35.5. The van der Waals surface area contributed by atoms with Gasteiger partial charge in [0.25, 0.3) is 0 Å². The van der Waals surface area contributed by atoms with Crippen molar-refractivity contribution < 1.29 is 8.42 Å². The van der Waals surface area contributed by atoms with Crippen molar-refractivity contribution in [2.24, 2.45) is 0 Å². The number of rotatable bonds is 3. The Hall–Kier alpha value is -0.730. The lowest BCUT2D eigenvalue weighted by Gasteiger charge is -2.14. The van der Waals surface area contributed by atoms with E-state index >= 15 is 0 Å². The fourth-order valence-corrected chi connectivity index (χ4v) is 2.50. The molecular formula is C10H9Cl2NO2S. The quantitative estimate of drug-likeness (QED) is 0.795. The summed E-state index contributed by atoms with van der Waals surface area (Å²) < 4.78 is 24.9. The van der Waals surface area contributed by atoms with Gasteiger partial charge >= 0.3 is 0 Å². The first-order valence-electron chi connectivity index (χ1n) is 4.24. The molecular weight excluding hydrogens is 269 g/mol. The van der Waals surface area contributed by atoms with Gasteiger partial charge in [-0.3, -0.25) is 0 Å². The molecule has 0 radical (unpaired) electrons. The SMILES string of the molecule is C#CCN(C)S(=O)(=O)c1ccc(Cl)c(Cl)c1. The molecule has 3 nitrogen and oxygen atoms in total. The van der Waals surface area contributed by atoms with Crippen LogP contribution in [0.2, 0.25) is 10.0 Å². The average Bonchev–Trinajstić information content (AvgIpc) is 2.22. The molecule has 1 aromatic carbocycles. The third-order valence-electron chi connectivity index (χ3n) is 1.91. The predicted octanol–water partition coefficient (Wildman–Crippen LogP) is 2.25. The Morgan fingerprint density at radius 3 is 2.50 bits per heavy atom. The van der Waals surface area contributed by atoms with E-state index in [1.165, 1.54) is 25.2 Å². The summed E-state index contributed by atoms with van der Waals surface area (Å²) in [5.41, 5.74) is 0. The minimum Gasteiger partial charge on any atom is -0.207 e. The second-order valence-electron chi connectivity index (χ2n) is 3.04. The van der Waals surface area contributed by atoms with Crippen molar-refractivity contribution >= 4 is 33.2 Å². The molecule has 86 valence electrons. The van der Waals surface area contributed by atoms with Gasteiger partial charge in [0, 0.05) is 7.05 Å². The molecule has 0 aliphatic rings. The van der Waals surface area contributed by atoms with Gasteiger partial charge < -0.3 is 0 Å². The highest BCUT2D eigenvalue weighted by Gasteiger charge is 2.20. The van der Waals surface area contributed by atoms with Crippen molar-refractivity contribution in [2.45, 2.75) is 4.90 Å². The monoisotopic (exact) mass is 277 g/mol. The maximum Gasteiger partial charge on any atom is 0.243 e. The number of benzene rings is 1. The molecule has 0 aliphatic carbocycles. The molecule has 0 aliphatic heterocycles. The summed E-state index contributed by atoms with van der Waals surface area (Å²) in [4.78, 5) is 0.0691. The van der Waals surface area contributed by atoms with Crippen LogP contribution < -0.4 is 0 Å². The normalized spacial score (nSPS) is 11.4. The Bertz CT molecular complexity index is 534. The van der Waals surface area contributed by atoms with Crippen LogP contribution in [-0.4, -0.2) is 26.3 Å². The van der Waals surface area contributed by atoms with Gasteiger partial charge in [0.15, 0.2) is 0 Å². The fourth-order valence-electron chi connectivity index (χ4n) is 1.03. The minimum absolute atomic E-state index is 0.00256. The number of sulfonamides is 1. The first kappa shape index (κ1) is 13.3. The molecule has 0 spiro atoms. The van der Waals surface area contributed by atoms with E-state index in [9.17, 15) is 8.42 Å². The lowest BCUT2D eigenvalue weighted by Crippen LogP contribution is -2.27. The standard InChI is InChI=1S/C10H9Cl2NO2S/c1-3-6-13(2)16(14,15)8-4-5-9(11)10(12)7-8/h1,4-5,7H,6H2,2H3. The second-order valence-corrected chi connectivity index (χ2v) is 5.90. The van der Waals surface area contributed by atoms with Crippen LogP contribution in [-0.2, 0) is 10.0 Å². The zero-order chi connectivity index (χ0) is 12.3. The van der Waals surface area contributed by atoms with Gasteiger partial charge in [0.05, 0.1) is 21.5 Å². The molecule has 0 bridgehead atoms. The molecule has 0 N–H and O–H groups in total. The van der Waals surface area contributed by atoms with Crippen LogP contribution in [0.4, 0.5) is 0 Å². The van der Waals surface area contributed by atoms with Crippen LogP contribution in [0.15, 0.2) is 23.1 Å². The zero-order valence-electron chi connectivity index (χ0n) is 8.44. The molecule has 16 heavy (non-hydrogen) atoms. The van der Waals surface area contributed by atoms with Crippen molar-refractivity contribution in [3.63, 3.8) is 0 Å². The van der Waals surface area contributed by atoms with Gasteiger partial charge in [0.1, 0.15) is 0 Å². The summed E-state index contributed by atoms with van der Waals surface area (Å²) in [5, 5.41) is 0.497. The van der Waals surface area contributed by atoms with Gasteiger partial charge in [-0.1, -0.05) is 29.1 Å². The Labute approximate surface area is 105 Å². The molecule has 0 aromatic heterocycles.